The van der Waals surface area contributed by atoms with Gasteiger partial charge in [-0.25, -0.2) is 8.78 Å². The molecule has 4 heterocycles. The van der Waals surface area contributed by atoms with Gasteiger partial charge in [0.25, 0.3) is 5.69 Å². The van der Waals surface area contributed by atoms with E-state index in [2.05, 4.69) is 63.9 Å². The van der Waals surface area contributed by atoms with E-state index in [9.17, 15) is 4.39 Å². The summed E-state index contributed by atoms with van der Waals surface area (Å²) in [5.74, 6) is -1.02. The van der Waals surface area contributed by atoms with Crippen molar-refractivity contribution in [3.05, 3.63) is 83.8 Å². The van der Waals surface area contributed by atoms with Crippen LogP contribution >= 0.6 is 0 Å². The van der Waals surface area contributed by atoms with Crippen molar-refractivity contribution in [2.75, 3.05) is 7.05 Å². The Morgan fingerprint density at radius 2 is 1.78 bits per heavy atom. The summed E-state index contributed by atoms with van der Waals surface area (Å²) < 4.78 is 36.1. The van der Waals surface area contributed by atoms with Crippen molar-refractivity contribution in [2.45, 2.75) is 70.1 Å². The van der Waals surface area contributed by atoms with Gasteiger partial charge >= 0.3 is 6.17 Å². The van der Waals surface area contributed by atoms with Crippen LogP contribution < -0.4 is 9.13 Å². The first-order chi connectivity index (χ1) is 17.4. The Bertz CT molecular complexity index is 1370. The molecule has 0 bridgehead atoms. The molecule has 2 aliphatic heterocycles. The number of hydrogen-bond donors (Lipinski definition) is 0. The molecule has 0 radical (unpaired) electrons. The van der Waals surface area contributed by atoms with Gasteiger partial charge in [-0.1, -0.05) is 13.8 Å². The minimum absolute atomic E-state index is 0.241. The minimum atomic E-state index is -0.523. The van der Waals surface area contributed by atoms with Crippen LogP contribution in [-0.4, -0.2) is 11.7 Å². The van der Waals surface area contributed by atoms with E-state index >= 15 is 4.39 Å². The highest BCUT2D eigenvalue weighted by molar-refractivity contribution is 5.66. The van der Waals surface area contributed by atoms with Gasteiger partial charge in [-0.15, -0.1) is 4.70 Å². The van der Waals surface area contributed by atoms with Crippen molar-refractivity contribution in [2.24, 2.45) is 15.6 Å². The Hall–Kier alpha value is -3.42. The largest absolute Gasteiger partial charge is 0.334 e. The van der Waals surface area contributed by atoms with E-state index in [-0.39, 0.29) is 11.7 Å². The standard InChI is InChI=1S/C28H33F2N6/c1-5-27(3)21-18-20(29)19-22(30)25(21)23-12-8-10-17-36(23)28(27,6-2)14-11-16-35-15-9-7-13-24(35)26-31-32-33-34(26)4/h7-10,12-13,15,17-19,26H,5-6,11,14,16H2,1-4H3/q+3. The molecule has 6 nitrogen and oxygen atoms in total. The van der Waals surface area contributed by atoms with Crippen LogP contribution in [0.4, 0.5) is 8.78 Å². The molecule has 0 aliphatic carbocycles. The number of halogens is 2. The zero-order valence-corrected chi connectivity index (χ0v) is 21.3. The summed E-state index contributed by atoms with van der Waals surface area (Å²) in [5, 5.41) is 12.1. The average Bonchev–Trinajstić information content (AvgIpc) is 3.31. The number of fused-ring (bicyclic) bond motifs is 3. The molecule has 3 unspecified atom stereocenters. The summed E-state index contributed by atoms with van der Waals surface area (Å²) >= 11 is 0. The lowest BCUT2D eigenvalue weighted by Gasteiger charge is -2.48. The lowest BCUT2D eigenvalue weighted by molar-refractivity contribution is -0.773. The molecular formula is C28H33F2N6+3. The Morgan fingerprint density at radius 1 is 1.00 bits per heavy atom. The van der Waals surface area contributed by atoms with Gasteiger partial charge in [-0.2, -0.15) is 9.13 Å². The molecular weight excluding hydrogens is 458 g/mol. The molecule has 186 valence electrons. The summed E-state index contributed by atoms with van der Waals surface area (Å²) in [6.07, 6.45) is 7.21. The van der Waals surface area contributed by atoms with E-state index in [1.807, 2.05) is 37.4 Å². The van der Waals surface area contributed by atoms with Crippen LogP contribution in [0.15, 0.2) is 76.5 Å². The zero-order valence-electron chi connectivity index (χ0n) is 21.3. The lowest BCUT2D eigenvalue weighted by Crippen LogP contribution is -2.69. The molecule has 1 aromatic carbocycles. The van der Waals surface area contributed by atoms with E-state index < -0.39 is 17.0 Å². The van der Waals surface area contributed by atoms with Crippen molar-refractivity contribution in [1.29, 1.82) is 0 Å². The zero-order chi connectivity index (χ0) is 25.5. The maximum absolute atomic E-state index is 15.3. The van der Waals surface area contributed by atoms with E-state index in [0.29, 0.717) is 5.56 Å². The van der Waals surface area contributed by atoms with Gasteiger partial charge in [0.15, 0.2) is 23.2 Å². The van der Waals surface area contributed by atoms with Crippen molar-refractivity contribution in [1.82, 2.24) is 0 Å². The predicted octanol–water partition coefficient (Wildman–Crippen LogP) is 5.95. The fourth-order valence-electron chi connectivity index (χ4n) is 6.44. The van der Waals surface area contributed by atoms with Crippen LogP contribution in [0.3, 0.4) is 0 Å². The number of rotatable bonds is 7. The highest BCUT2D eigenvalue weighted by Gasteiger charge is 2.59. The molecule has 36 heavy (non-hydrogen) atoms. The fourth-order valence-corrected chi connectivity index (χ4v) is 6.44. The number of aromatic nitrogens is 2. The second kappa shape index (κ2) is 9.22. The average molecular weight is 492 g/mol. The number of hydrogen-bond acceptors (Lipinski definition) is 3. The van der Waals surface area contributed by atoms with Crippen LogP contribution in [0.5, 0.6) is 0 Å². The van der Waals surface area contributed by atoms with Gasteiger partial charge in [-0.3, -0.25) is 0 Å². The maximum Gasteiger partial charge on any atom is 0.334 e. The van der Waals surface area contributed by atoms with Crippen LogP contribution in [0, 0.1) is 11.6 Å². The highest BCUT2D eigenvalue weighted by atomic mass is 19.1. The summed E-state index contributed by atoms with van der Waals surface area (Å²) in [4.78, 5) is 0. The molecule has 2 aliphatic rings. The molecule has 3 atom stereocenters. The van der Waals surface area contributed by atoms with Crippen molar-refractivity contribution in [3.63, 3.8) is 0 Å². The van der Waals surface area contributed by atoms with Gasteiger partial charge in [0.05, 0.1) is 11.0 Å². The maximum atomic E-state index is 15.3. The monoisotopic (exact) mass is 491 g/mol. The molecule has 0 saturated heterocycles. The summed E-state index contributed by atoms with van der Waals surface area (Å²) in [6, 6.07) is 14.5. The first-order valence-electron chi connectivity index (χ1n) is 12.7. The van der Waals surface area contributed by atoms with Gasteiger partial charge in [0.2, 0.25) is 10.9 Å². The number of aryl methyl sites for hydroxylation is 1. The summed E-state index contributed by atoms with van der Waals surface area (Å²) in [6.45, 7) is 7.27. The van der Waals surface area contributed by atoms with Gasteiger partial charge in [-0.05, 0) is 37.1 Å². The molecule has 0 amide bonds. The Kier molecular flexibility index (Phi) is 6.22. The SMILES string of the molecule is CCC1(C)c2cc(F)cc(F)c2-c2cccc[n+]2C1(CC)CCC[n+]1ccccc1C1N=NN=[N+]1C. The van der Waals surface area contributed by atoms with E-state index in [0.717, 1.165) is 55.2 Å². The van der Waals surface area contributed by atoms with Crippen molar-refractivity contribution >= 4 is 0 Å². The number of benzene rings is 1. The molecule has 0 N–H and O–H groups in total. The smallest absolute Gasteiger partial charge is 0.207 e. The Balaban J connectivity index is 1.55. The molecule has 8 heteroatoms. The highest BCUT2D eigenvalue weighted by Crippen LogP contribution is 2.52. The molecule has 0 fully saturated rings. The second-order valence-electron chi connectivity index (χ2n) is 10.0. The minimum Gasteiger partial charge on any atom is -0.207 e. The lowest BCUT2D eigenvalue weighted by atomic mass is 9.58. The third kappa shape index (κ3) is 3.57. The van der Waals surface area contributed by atoms with E-state index in [4.69, 9.17) is 0 Å². The molecule has 2 aromatic heterocycles. The van der Waals surface area contributed by atoms with Gasteiger partial charge < -0.3 is 0 Å². The van der Waals surface area contributed by atoms with Crippen molar-refractivity contribution in [3.8, 4) is 11.3 Å². The first-order valence-corrected chi connectivity index (χ1v) is 12.7. The normalized spacial score (nSPS) is 24.4. The third-order valence-corrected chi connectivity index (χ3v) is 8.47. The van der Waals surface area contributed by atoms with E-state index in [1.54, 1.807) is 10.8 Å². The molecule has 5 rings (SSSR count). The van der Waals surface area contributed by atoms with Crippen molar-refractivity contribution < 1.29 is 22.6 Å². The molecule has 3 aromatic rings. The van der Waals surface area contributed by atoms with Crippen LogP contribution in [0.25, 0.3) is 11.3 Å². The molecule has 0 saturated carbocycles. The summed E-state index contributed by atoms with van der Waals surface area (Å²) in [7, 11) is 1.87. The number of pyridine rings is 2. The number of nitrogens with zero attached hydrogens (tertiary/aromatic N) is 6. The van der Waals surface area contributed by atoms with Gasteiger partial charge in [0, 0.05) is 54.7 Å². The fraction of sp³-hybridized carbons (Fsp3) is 0.429. The quantitative estimate of drug-likeness (QED) is 0.367. The van der Waals surface area contributed by atoms with Crippen LogP contribution in [0.2, 0.25) is 0 Å². The Morgan fingerprint density at radius 3 is 2.50 bits per heavy atom. The third-order valence-electron chi connectivity index (χ3n) is 8.47. The second-order valence-corrected chi connectivity index (χ2v) is 10.0. The summed E-state index contributed by atoms with van der Waals surface area (Å²) in [5.41, 5.74) is 2.31. The molecule has 0 spiro atoms. The topological polar surface area (TPSA) is 47.8 Å². The van der Waals surface area contributed by atoms with E-state index in [1.165, 1.54) is 0 Å². The Labute approximate surface area is 210 Å². The first kappa shape index (κ1) is 24.3. The van der Waals surface area contributed by atoms with Crippen LogP contribution in [-0.2, 0) is 17.5 Å². The van der Waals surface area contributed by atoms with Gasteiger partial charge in [0.1, 0.15) is 25.2 Å². The van der Waals surface area contributed by atoms with Crippen LogP contribution in [0.1, 0.15) is 63.9 Å². The predicted molar refractivity (Wildman–Crippen MR) is 130 cm³/mol.